The molecule has 2 aliphatic heterocycles. The van der Waals surface area contributed by atoms with Crippen LogP contribution in [0.25, 0.3) is 0 Å². The number of hydrogen-bond donors (Lipinski definition) is 1. The van der Waals surface area contributed by atoms with E-state index in [9.17, 15) is 9.59 Å². The topological polar surface area (TPSA) is 65.8 Å². The number of furan rings is 1. The highest BCUT2D eigenvalue weighted by Crippen LogP contribution is 2.46. The van der Waals surface area contributed by atoms with Crippen LogP contribution in [-0.2, 0) is 22.0 Å². The summed E-state index contributed by atoms with van der Waals surface area (Å²) in [4.78, 5) is 30.4. The van der Waals surface area contributed by atoms with E-state index >= 15 is 0 Å². The summed E-state index contributed by atoms with van der Waals surface area (Å²) < 4.78 is 6.14. The van der Waals surface area contributed by atoms with Gasteiger partial charge in [0.15, 0.2) is 5.76 Å². The highest BCUT2D eigenvalue weighted by Gasteiger charge is 2.51. The Morgan fingerprint density at radius 3 is 2.23 bits per heavy atom. The molecule has 3 aromatic rings. The Bertz CT molecular complexity index is 1440. The molecule has 210 valence electrons. The number of carbonyl (C=O) groups excluding carboxylic acids is 2. The Hall–Kier alpha value is -3.54. The molecule has 6 nitrogen and oxygen atoms in total. The molecule has 0 saturated carbocycles. The summed E-state index contributed by atoms with van der Waals surface area (Å²) in [7, 11) is 0. The number of para-hydroxylation sites is 1. The number of likely N-dealkylation sites (tertiary alicyclic amines) is 1. The minimum absolute atomic E-state index is 0.0516. The van der Waals surface area contributed by atoms with E-state index in [4.69, 9.17) is 4.42 Å². The van der Waals surface area contributed by atoms with E-state index in [-0.39, 0.29) is 22.6 Å². The highest BCUT2D eigenvalue weighted by atomic mass is 16.4. The van der Waals surface area contributed by atoms with Crippen LogP contribution in [-0.4, -0.2) is 42.0 Å². The first-order chi connectivity index (χ1) is 19.0. The molecule has 2 fully saturated rings. The summed E-state index contributed by atoms with van der Waals surface area (Å²) in [5.74, 6) is 1.13. The van der Waals surface area contributed by atoms with Gasteiger partial charge in [0.2, 0.25) is 5.91 Å². The van der Waals surface area contributed by atoms with Crippen molar-refractivity contribution in [1.82, 2.24) is 10.2 Å². The number of nitrogens with zero attached hydrogens (tertiary/aromatic N) is 2. The summed E-state index contributed by atoms with van der Waals surface area (Å²) in [6, 6.07) is 18.5. The van der Waals surface area contributed by atoms with Gasteiger partial charge in [0.05, 0.1) is 6.67 Å². The molecule has 0 atom stereocenters. The smallest absolute Gasteiger partial charge is 0.289 e. The third kappa shape index (κ3) is 4.42. The quantitative estimate of drug-likeness (QED) is 0.435. The normalized spacial score (nSPS) is 20.9. The largest absolute Gasteiger partial charge is 0.456 e. The average molecular weight is 540 g/mol. The maximum Gasteiger partial charge on any atom is 0.289 e. The minimum atomic E-state index is -0.612. The molecule has 3 heterocycles. The molecule has 2 amide bonds. The van der Waals surface area contributed by atoms with Gasteiger partial charge in [0, 0.05) is 25.2 Å². The minimum Gasteiger partial charge on any atom is -0.456 e. The van der Waals surface area contributed by atoms with Gasteiger partial charge in [0.25, 0.3) is 5.91 Å². The number of rotatable bonds is 4. The van der Waals surface area contributed by atoms with Crippen LogP contribution in [0.1, 0.15) is 91.9 Å². The average Bonchev–Trinajstić information content (AvgIpc) is 3.53. The second-order valence-corrected chi connectivity index (χ2v) is 13.3. The Morgan fingerprint density at radius 1 is 0.900 bits per heavy atom. The molecule has 1 aromatic heterocycles. The third-order valence-electron chi connectivity index (χ3n) is 9.83. The number of aryl methyl sites for hydroxylation is 1. The van der Waals surface area contributed by atoms with E-state index in [0.717, 1.165) is 11.4 Å². The molecular formula is C34H41N3O3. The monoisotopic (exact) mass is 539 g/mol. The van der Waals surface area contributed by atoms with Crippen LogP contribution in [0.2, 0.25) is 0 Å². The molecule has 0 unspecified atom stereocenters. The highest BCUT2D eigenvalue weighted by molar-refractivity contribution is 5.95. The van der Waals surface area contributed by atoms with Crippen LogP contribution >= 0.6 is 0 Å². The molecule has 40 heavy (non-hydrogen) atoms. The molecule has 2 saturated heterocycles. The van der Waals surface area contributed by atoms with Crippen molar-refractivity contribution < 1.29 is 14.0 Å². The molecule has 3 aliphatic rings. The summed E-state index contributed by atoms with van der Waals surface area (Å²) in [6.07, 6.45) is 4.22. The van der Waals surface area contributed by atoms with Gasteiger partial charge in [-0.1, -0.05) is 58.0 Å². The molecule has 2 aromatic carbocycles. The van der Waals surface area contributed by atoms with E-state index < -0.39 is 5.54 Å². The lowest BCUT2D eigenvalue weighted by atomic mass is 9.62. The fourth-order valence-corrected chi connectivity index (χ4v) is 7.00. The number of benzene rings is 2. The summed E-state index contributed by atoms with van der Waals surface area (Å²) in [6.45, 7) is 13.1. The zero-order valence-corrected chi connectivity index (χ0v) is 24.5. The number of piperidine rings is 1. The van der Waals surface area contributed by atoms with Gasteiger partial charge >= 0.3 is 0 Å². The first-order valence-corrected chi connectivity index (χ1v) is 14.6. The second-order valence-electron chi connectivity index (χ2n) is 13.3. The van der Waals surface area contributed by atoms with Crippen LogP contribution in [0, 0.1) is 6.92 Å². The van der Waals surface area contributed by atoms with Gasteiger partial charge in [-0.2, -0.15) is 0 Å². The van der Waals surface area contributed by atoms with Gasteiger partial charge in [-0.25, -0.2) is 0 Å². The maximum absolute atomic E-state index is 13.4. The van der Waals surface area contributed by atoms with Crippen LogP contribution in [0.5, 0.6) is 0 Å². The van der Waals surface area contributed by atoms with Crippen molar-refractivity contribution in [2.24, 2.45) is 0 Å². The molecule has 1 spiro atoms. The molecule has 0 bridgehead atoms. The van der Waals surface area contributed by atoms with E-state index in [1.165, 1.54) is 35.1 Å². The van der Waals surface area contributed by atoms with Crippen molar-refractivity contribution in [3.63, 3.8) is 0 Å². The zero-order chi connectivity index (χ0) is 28.3. The summed E-state index contributed by atoms with van der Waals surface area (Å²) in [5.41, 5.74) is 6.18. The van der Waals surface area contributed by atoms with Gasteiger partial charge in [-0.3, -0.25) is 9.59 Å². The van der Waals surface area contributed by atoms with E-state index in [1.807, 2.05) is 41.3 Å². The lowest BCUT2D eigenvalue weighted by Gasteiger charge is -2.43. The fourth-order valence-electron chi connectivity index (χ4n) is 7.00. The molecule has 6 rings (SSSR count). The number of amides is 2. The SMILES string of the molecule is Cc1cc2c(cc1Cc1ccc(C(=O)N3CCC4(CC3)C(=O)NCN4c3ccccc3)o1)C(C)(C)CCC2(C)C. The van der Waals surface area contributed by atoms with Crippen molar-refractivity contribution in [3.05, 3.63) is 88.4 Å². The van der Waals surface area contributed by atoms with Gasteiger partial charge in [-0.05, 0) is 90.0 Å². The molecular weight excluding hydrogens is 498 g/mol. The Balaban J connectivity index is 1.16. The molecule has 0 radical (unpaired) electrons. The van der Waals surface area contributed by atoms with Crippen molar-refractivity contribution in [3.8, 4) is 0 Å². The Labute approximate surface area is 237 Å². The third-order valence-corrected chi connectivity index (χ3v) is 9.83. The Kier molecular flexibility index (Phi) is 6.36. The zero-order valence-electron chi connectivity index (χ0n) is 24.5. The first kappa shape index (κ1) is 26.7. The van der Waals surface area contributed by atoms with E-state index in [1.54, 1.807) is 6.07 Å². The summed E-state index contributed by atoms with van der Waals surface area (Å²) >= 11 is 0. The number of nitrogens with one attached hydrogen (secondary N) is 1. The number of fused-ring (bicyclic) bond motifs is 1. The van der Waals surface area contributed by atoms with Crippen molar-refractivity contribution in [2.45, 2.75) is 83.1 Å². The lowest BCUT2D eigenvalue weighted by molar-refractivity contribution is -0.124. The van der Waals surface area contributed by atoms with Crippen molar-refractivity contribution in [1.29, 1.82) is 0 Å². The second kappa shape index (κ2) is 9.53. The van der Waals surface area contributed by atoms with Crippen LogP contribution in [0.3, 0.4) is 0 Å². The molecule has 1 N–H and O–H groups in total. The van der Waals surface area contributed by atoms with E-state index in [0.29, 0.717) is 44.8 Å². The molecule has 1 aliphatic carbocycles. The van der Waals surface area contributed by atoms with Gasteiger partial charge in [0.1, 0.15) is 11.3 Å². The number of anilines is 1. The maximum atomic E-state index is 13.4. The predicted octanol–water partition coefficient (Wildman–Crippen LogP) is 6.10. The number of hydrogen-bond acceptors (Lipinski definition) is 4. The first-order valence-electron chi connectivity index (χ1n) is 14.6. The lowest BCUT2D eigenvalue weighted by Crippen LogP contribution is -2.57. The van der Waals surface area contributed by atoms with Crippen LogP contribution < -0.4 is 10.2 Å². The van der Waals surface area contributed by atoms with Crippen molar-refractivity contribution >= 4 is 17.5 Å². The van der Waals surface area contributed by atoms with Gasteiger partial charge in [-0.15, -0.1) is 0 Å². The van der Waals surface area contributed by atoms with Crippen molar-refractivity contribution in [2.75, 3.05) is 24.7 Å². The Morgan fingerprint density at radius 2 is 1.55 bits per heavy atom. The summed E-state index contributed by atoms with van der Waals surface area (Å²) in [5, 5.41) is 3.03. The predicted molar refractivity (Wildman–Crippen MR) is 158 cm³/mol. The van der Waals surface area contributed by atoms with Crippen LogP contribution in [0.15, 0.2) is 59.0 Å². The number of carbonyl (C=O) groups is 2. The van der Waals surface area contributed by atoms with Crippen LogP contribution in [0.4, 0.5) is 5.69 Å². The van der Waals surface area contributed by atoms with E-state index in [2.05, 4.69) is 57.0 Å². The standard InChI is InChI=1S/C34H41N3O3/c1-23-19-27-28(33(4,5)14-13-32(27,2)3)21-24(23)20-26-11-12-29(40-26)30(38)36-17-15-34(16-18-36)31(39)35-22-37(34)25-9-7-6-8-10-25/h6-12,19,21H,13-18,20,22H2,1-5H3,(H,35,39). The molecule has 6 heteroatoms. The van der Waals surface area contributed by atoms with Gasteiger partial charge < -0.3 is 19.5 Å². The fraction of sp³-hybridized carbons (Fsp3) is 0.471.